The third kappa shape index (κ3) is 5.54. The van der Waals surface area contributed by atoms with Gasteiger partial charge in [0.15, 0.2) is 11.5 Å². The third-order valence-electron chi connectivity index (χ3n) is 4.97. The van der Waals surface area contributed by atoms with Crippen molar-refractivity contribution in [2.45, 2.75) is 30.8 Å². The van der Waals surface area contributed by atoms with Gasteiger partial charge in [-0.25, -0.2) is 8.99 Å². The smallest absolute Gasteiger partial charge is 0.381 e. The van der Waals surface area contributed by atoms with Crippen LogP contribution >= 0.6 is 0 Å². The predicted molar refractivity (Wildman–Crippen MR) is 113 cm³/mol. The van der Waals surface area contributed by atoms with Crippen molar-refractivity contribution in [3.05, 3.63) is 41.1 Å². The topological polar surface area (TPSA) is 108 Å². The minimum atomic E-state index is -4.77. The van der Waals surface area contributed by atoms with E-state index < -0.39 is 27.5 Å². The van der Waals surface area contributed by atoms with E-state index in [1.54, 1.807) is 4.90 Å². The molecule has 1 fully saturated rings. The summed E-state index contributed by atoms with van der Waals surface area (Å²) in [7, 11) is -3.04. The lowest BCUT2D eigenvalue weighted by atomic mass is 10.1. The molecule has 2 heterocycles. The minimum Gasteiger partial charge on any atom is -0.381 e. The van der Waals surface area contributed by atoms with Crippen LogP contribution in [0.2, 0.25) is 0 Å². The van der Waals surface area contributed by atoms with Crippen molar-refractivity contribution in [2.24, 2.45) is 0 Å². The number of carbonyl (C=O) groups is 1. The molecule has 0 saturated carbocycles. The molecular formula is C20H24F3N5O3S. The second kappa shape index (κ2) is 9.41. The summed E-state index contributed by atoms with van der Waals surface area (Å²) in [6, 6.07) is 5.88. The third-order valence-corrected chi connectivity index (χ3v) is 6.12. The fraction of sp³-hybridized carbons (Fsp3) is 0.450. The number of nitrogens with one attached hydrogen (secondary N) is 2. The highest BCUT2D eigenvalue weighted by atomic mass is 32.2. The van der Waals surface area contributed by atoms with Crippen molar-refractivity contribution in [1.82, 2.24) is 10.2 Å². The zero-order valence-electron chi connectivity index (χ0n) is 17.7. The van der Waals surface area contributed by atoms with Gasteiger partial charge in [0.1, 0.15) is 0 Å². The molecule has 1 aromatic carbocycles. The van der Waals surface area contributed by atoms with Crippen LogP contribution in [-0.2, 0) is 20.6 Å². The van der Waals surface area contributed by atoms with Gasteiger partial charge >= 0.3 is 6.18 Å². The fourth-order valence-corrected chi connectivity index (χ4v) is 4.11. The first-order chi connectivity index (χ1) is 15.0. The van der Waals surface area contributed by atoms with Crippen LogP contribution in [0.5, 0.6) is 0 Å². The Balaban J connectivity index is 2.04. The van der Waals surface area contributed by atoms with E-state index >= 15 is 0 Å². The van der Waals surface area contributed by atoms with Crippen molar-refractivity contribution in [3.63, 3.8) is 0 Å². The lowest BCUT2D eigenvalue weighted by molar-refractivity contribution is -0.142. The molecule has 1 aliphatic rings. The summed E-state index contributed by atoms with van der Waals surface area (Å²) >= 11 is 0. The van der Waals surface area contributed by atoms with Crippen molar-refractivity contribution in [1.29, 1.82) is 4.78 Å². The highest BCUT2D eigenvalue weighted by Gasteiger charge is 2.38. The summed E-state index contributed by atoms with van der Waals surface area (Å²) in [6.07, 6.45) is -2.28. The molecule has 1 saturated heterocycles. The van der Waals surface area contributed by atoms with Gasteiger partial charge < -0.3 is 15.0 Å². The molecule has 0 spiro atoms. The second-order valence-electron chi connectivity index (χ2n) is 7.50. The molecule has 1 aliphatic heterocycles. The predicted octanol–water partition coefficient (Wildman–Crippen LogP) is 3.71. The summed E-state index contributed by atoms with van der Waals surface area (Å²) < 4.78 is 65.6. The summed E-state index contributed by atoms with van der Waals surface area (Å²) in [5.41, 5.74) is -1.55. The second-order valence-corrected chi connectivity index (χ2v) is 9.66. The molecule has 1 amide bonds. The molecule has 0 radical (unpaired) electrons. The number of alkyl halides is 3. The van der Waals surface area contributed by atoms with Crippen molar-refractivity contribution < 1.29 is 26.9 Å². The Bertz CT molecular complexity index is 1100. The van der Waals surface area contributed by atoms with Gasteiger partial charge in [-0.15, -0.1) is 10.2 Å². The molecule has 1 atom stereocenters. The number of ether oxygens (including phenoxy) is 1. The lowest BCUT2D eigenvalue weighted by Gasteiger charge is -2.28. The molecular weight excluding hydrogens is 447 g/mol. The quantitative estimate of drug-likeness (QED) is 0.704. The van der Waals surface area contributed by atoms with E-state index in [4.69, 9.17) is 9.52 Å². The molecule has 0 aliphatic carbocycles. The molecule has 8 nitrogen and oxygen atoms in total. The normalized spacial score (nSPS) is 17.2. The zero-order chi connectivity index (χ0) is 23.5. The minimum absolute atomic E-state index is 0.0748. The van der Waals surface area contributed by atoms with Crippen molar-refractivity contribution >= 4 is 27.1 Å². The Hall–Kier alpha value is -2.73. The first kappa shape index (κ1) is 23.9. The number of benzene rings is 1. The Morgan fingerprint density at radius 2 is 1.88 bits per heavy atom. The number of nitrogens with zero attached hydrogens (tertiary/aromatic N) is 3. The van der Waals surface area contributed by atoms with Crippen LogP contribution in [0.3, 0.4) is 0 Å². The van der Waals surface area contributed by atoms with E-state index in [-0.39, 0.29) is 27.5 Å². The molecule has 174 valence electrons. The number of anilines is 2. The number of rotatable bonds is 4. The van der Waals surface area contributed by atoms with Crippen LogP contribution in [0.1, 0.15) is 34.5 Å². The highest BCUT2D eigenvalue weighted by molar-refractivity contribution is 7.91. The molecule has 2 N–H and O–H groups in total. The summed E-state index contributed by atoms with van der Waals surface area (Å²) in [5.74, 6) is -0.716. The van der Waals surface area contributed by atoms with Gasteiger partial charge in [-0.2, -0.15) is 13.2 Å². The lowest BCUT2D eigenvalue weighted by Crippen LogP contribution is -2.33. The van der Waals surface area contributed by atoms with Gasteiger partial charge in [0.05, 0.1) is 15.3 Å². The molecule has 32 heavy (non-hydrogen) atoms. The van der Waals surface area contributed by atoms with Crippen LogP contribution in [-0.4, -0.2) is 52.9 Å². The van der Waals surface area contributed by atoms with Crippen LogP contribution in [0.25, 0.3) is 0 Å². The maximum atomic E-state index is 13.5. The maximum Gasteiger partial charge on any atom is 0.435 e. The number of amides is 1. The monoisotopic (exact) mass is 471 g/mol. The number of halogens is 3. The molecule has 1 unspecified atom stereocenters. The largest absolute Gasteiger partial charge is 0.435 e. The van der Waals surface area contributed by atoms with Crippen LogP contribution < -0.4 is 10.2 Å². The van der Waals surface area contributed by atoms with Gasteiger partial charge in [0.2, 0.25) is 0 Å². The Morgan fingerprint density at radius 1 is 1.22 bits per heavy atom. The average Bonchev–Trinajstić information content (AvgIpc) is 2.66. The number of carbonyl (C=O) groups excluding carboxylic acids is 1. The number of hydrogen-bond donors (Lipinski definition) is 2. The Kier molecular flexibility index (Phi) is 7.03. The number of aromatic nitrogens is 2. The average molecular weight is 472 g/mol. The van der Waals surface area contributed by atoms with E-state index in [9.17, 15) is 22.2 Å². The maximum absolute atomic E-state index is 13.5. The van der Waals surface area contributed by atoms with Crippen LogP contribution in [0.15, 0.2) is 29.2 Å². The first-order valence-electron chi connectivity index (χ1n) is 9.91. The van der Waals surface area contributed by atoms with E-state index in [1.807, 2.05) is 0 Å². The van der Waals surface area contributed by atoms with Crippen LogP contribution in [0.4, 0.5) is 24.7 Å². The molecule has 12 heteroatoms. The molecule has 2 aromatic rings. The van der Waals surface area contributed by atoms with Gasteiger partial charge in [0, 0.05) is 43.1 Å². The van der Waals surface area contributed by atoms with E-state index in [1.165, 1.54) is 37.4 Å². The molecule has 1 aromatic heterocycles. The molecule has 3 rings (SSSR count). The van der Waals surface area contributed by atoms with Crippen molar-refractivity contribution in [2.75, 3.05) is 42.8 Å². The summed E-state index contributed by atoms with van der Waals surface area (Å²) in [5, 5.41) is 9.75. The zero-order valence-corrected chi connectivity index (χ0v) is 18.5. The van der Waals surface area contributed by atoms with Crippen LogP contribution in [0, 0.1) is 11.7 Å². The first-order valence-corrected chi connectivity index (χ1v) is 11.9. The summed E-state index contributed by atoms with van der Waals surface area (Å²) in [6.45, 7) is 3.10. The number of hydrogen-bond acceptors (Lipinski definition) is 7. The van der Waals surface area contributed by atoms with E-state index in [2.05, 4.69) is 15.5 Å². The van der Waals surface area contributed by atoms with Gasteiger partial charge in [0.25, 0.3) is 5.91 Å². The van der Waals surface area contributed by atoms with Crippen molar-refractivity contribution in [3.8, 4) is 0 Å². The Labute approximate surface area is 184 Å². The standard InChI is InChI=1S/C20H24F3N5O3S/c1-13-16(19(29)25-14-6-3-7-15(12-14)32(2,24)30)18(27-26-17(13)20(21,22)23)28-8-4-10-31-11-5-9-28/h3,6-7,12,24H,4-5,8-11H2,1-2H3,(H,25,29). The van der Waals surface area contributed by atoms with E-state index in [0.717, 1.165) is 0 Å². The SMILES string of the molecule is Cc1c(C(F)(F)F)nnc(N2CCCOCCC2)c1C(=O)Nc1cccc(S(C)(=N)=O)c1. The fourth-order valence-electron chi connectivity index (χ4n) is 3.42. The van der Waals surface area contributed by atoms with Gasteiger partial charge in [-0.3, -0.25) is 4.79 Å². The highest BCUT2D eigenvalue weighted by Crippen LogP contribution is 2.34. The molecule has 0 bridgehead atoms. The van der Waals surface area contributed by atoms with Gasteiger partial charge in [-0.05, 0) is 43.5 Å². The summed E-state index contributed by atoms with van der Waals surface area (Å²) in [4.78, 5) is 15.1. The Morgan fingerprint density at radius 3 is 2.47 bits per heavy atom. The van der Waals surface area contributed by atoms with E-state index in [0.29, 0.717) is 39.1 Å². The van der Waals surface area contributed by atoms with Gasteiger partial charge in [-0.1, -0.05) is 6.07 Å².